The summed E-state index contributed by atoms with van der Waals surface area (Å²) >= 11 is 0. The number of carboxylic acids is 1. The molecule has 9 nitrogen and oxygen atoms in total. The number of halogens is 3. The van der Waals surface area contributed by atoms with E-state index in [1.54, 1.807) is 0 Å². The maximum absolute atomic E-state index is 10.5. The number of carbonyl (C=O) groups is 1. The Morgan fingerprint density at radius 1 is 0.949 bits per heavy atom. The van der Waals surface area contributed by atoms with Crippen LogP contribution in [0.15, 0.2) is 46.9 Å². The van der Waals surface area contributed by atoms with Crippen LogP contribution in [-0.4, -0.2) is 42.9 Å². The van der Waals surface area contributed by atoms with E-state index in [1.165, 1.54) is 44.2 Å². The average molecular weight is 556 g/mol. The first kappa shape index (κ1) is 34.0. The van der Waals surface area contributed by atoms with Crippen LogP contribution in [0.25, 0.3) is 0 Å². The summed E-state index contributed by atoms with van der Waals surface area (Å²) in [5.41, 5.74) is 13.5. The third-order valence-electron chi connectivity index (χ3n) is 5.91. The van der Waals surface area contributed by atoms with Gasteiger partial charge >= 0.3 is 12.1 Å². The number of aryl methyl sites for hydroxylation is 2. The van der Waals surface area contributed by atoms with Crippen LogP contribution in [0.1, 0.15) is 65.2 Å². The van der Waals surface area contributed by atoms with Gasteiger partial charge < -0.3 is 26.3 Å². The van der Waals surface area contributed by atoms with Gasteiger partial charge in [0.15, 0.2) is 0 Å². The molecule has 220 valence electrons. The molecule has 0 fully saturated rings. The number of azo groups is 1. The number of unbranched alkanes of at least 4 members (excludes halogenated alkanes) is 4. The summed E-state index contributed by atoms with van der Waals surface area (Å²) in [7, 11) is 0. The van der Waals surface area contributed by atoms with Gasteiger partial charge in [0.1, 0.15) is 11.7 Å². The number of anilines is 1. The number of aliphatic carboxylic acids is 1. The molecule has 0 unspecified atom stereocenters. The number of nitrogens with zero attached hydrogens (tertiary/aromatic N) is 5. The van der Waals surface area contributed by atoms with E-state index in [1.807, 2.05) is 12.1 Å². The van der Waals surface area contributed by atoms with E-state index in [0.717, 1.165) is 50.7 Å². The molecular weight excluding hydrogens is 511 g/mol. The summed E-state index contributed by atoms with van der Waals surface area (Å²) in [6.07, 6.45) is 8.27. The van der Waals surface area contributed by atoms with Crippen molar-refractivity contribution in [2.75, 3.05) is 31.1 Å². The molecule has 12 heteroatoms. The van der Waals surface area contributed by atoms with Crippen molar-refractivity contribution in [3.8, 4) is 0 Å². The highest BCUT2D eigenvalue weighted by atomic mass is 19.4. The van der Waals surface area contributed by atoms with Crippen molar-refractivity contribution >= 4 is 23.3 Å². The Labute approximate surface area is 229 Å². The van der Waals surface area contributed by atoms with Gasteiger partial charge in [0.25, 0.3) is 0 Å². The van der Waals surface area contributed by atoms with E-state index in [-0.39, 0.29) is 0 Å². The molecule has 1 aromatic carbocycles. The number of imidazole rings is 1. The normalized spacial score (nSPS) is 11.5. The largest absolute Gasteiger partial charge is 0.542 e. The van der Waals surface area contributed by atoms with Crippen molar-refractivity contribution in [3.05, 3.63) is 36.7 Å². The zero-order valence-corrected chi connectivity index (χ0v) is 23.2. The predicted molar refractivity (Wildman–Crippen MR) is 145 cm³/mol. The van der Waals surface area contributed by atoms with E-state index in [4.69, 9.17) is 21.4 Å². The molecule has 0 radical (unpaired) electrons. The minimum Gasteiger partial charge on any atom is -0.542 e. The van der Waals surface area contributed by atoms with E-state index < -0.39 is 12.1 Å². The van der Waals surface area contributed by atoms with Gasteiger partial charge in [-0.05, 0) is 63.0 Å². The van der Waals surface area contributed by atoms with Crippen LogP contribution < -0.4 is 26.0 Å². The first-order valence-electron chi connectivity index (χ1n) is 13.7. The van der Waals surface area contributed by atoms with Crippen molar-refractivity contribution in [1.29, 1.82) is 0 Å². The lowest BCUT2D eigenvalue weighted by molar-refractivity contribution is -0.684. The van der Waals surface area contributed by atoms with Crippen LogP contribution in [0.5, 0.6) is 0 Å². The fourth-order valence-electron chi connectivity index (χ4n) is 3.75. The number of carboxylic acid groups (broad SMARTS) is 1. The number of hydrogen-bond donors (Lipinski definition) is 2. The zero-order chi connectivity index (χ0) is 29.1. The summed E-state index contributed by atoms with van der Waals surface area (Å²) in [6.45, 7) is 9.72. The van der Waals surface area contributed by atoms with Crippen molar-refractivity contribution < 1.29 is 27.6 Å². The van der Waals surface area contributed by atoms with Crippen LogP contribution in [0.3, 0.4) is 0 Å². The Bertz CT molecular complexity index is 928. The third kappa shape index (κ3) is 13.6. The molecule has 0 amide bonds. The summed E-state index contributed by atoms with van der Waals surface area (Å²) in [6, 6.07) is 8.33. The number of nitrogens with two attached hydrogens (primary N) is 2. The van der Waals surface area contributed by atoms with Crippen LogP contribution in [-0.2, 0) is 17.9 Å². The molecule has 1 aromatic heterocycles. The highest BCUT2D eigenvalue weighted by Crippen LogP contribution is 2.22. The average Bonchev–Trinajstić information content (AvgIpc) is 3.29. The molecule has 0 atom stereocenters. The van der Waals surface area contributed by atoms with Crippen LogP contribution in [0.2, 0.25) is 0 Å². The topological polar surface area (TPSA) is 129 Å². The summed E-state index contributed by atoms with van der Waals surface area (Å²) < 4.78 is 36.0. The maximum atomic E-state index is 10.5. The van der Waals surface area contributed by atoms with Gasteiger partial charge in [0.2, 0.25) is 0 Å². The van der Waals surface area contributed by atoms with Gasteiger partial charge in [-0.15, -0.1) is 0 Å². The van der Waals surface area contributed by atoms with Gasteiger partial charge in [-0.3, -0.25) is 0 Å². The molecule has 2 rings (SSSR count). The summed E-state index contributed by atoms with van der Waals surface area (Å²) in [4.78, 5) is 11.1. The van der Waals surface area contributed by atoms with Crippen molar-refractivity contribution in [2.24, 2.45) is 21.7 Å². The fourth-order valence-corrected chi connectivity index (χ4v) is 3.75. The number of hydrogen-bond acceptors (Lipinski definition) is 7. The third-order valence-corrected chi connectivity index (χ3v) is 5.91. The Kier molecular flexibility index (Phi) is 16.7. The molecule has 2 aromatic rings. The molecule has 0 saturated carbocycles. The van der Waals surface area contributed by atoms with Crippen molar-refractivity contribution in [2.45, 2.75) is 84.5 Å². The smallest absolute Gasteiger partial charge is 0.430 e. The molecular formula is C27H44F3N7O2. The van der Waals surface area contributed by atoms with E-state index in [9.17, 15) is 13.2 Å². The van der Waals surface area contributed by atoms with Crippen molar-refractivity contribution in [1.82, 2.24) is 4.57 Å². The SMILES string of the molecule is CCCCCn1cc[n+](CCCCC)c1N=Nc1ccc(N(CCCN)CCCN)cc1.O=C([O-])C(F)(F)F. The molecule has 1 heterocycles. The second-order valence-corrected chi connectivity index (χ2v) is 9.17. The number of carbonyl (C=O) groups excluding carboxylic acids is 1. The van der Waals surface area contributed by atoms with Crippen LogP contribution >= 0.6 is 0 Å². The van der Waals surface area contributed by atoms with E-state index >= 15 is 0 Å². The van der Waals surface area contributed by atoms with Crippen molar-refractivity contribution in [3.63, 3.8) is 0 Å². The molecule has 4 N–H and O–H groups in total. The molecule has 39 heavy (non-hydrogen) atoms. The lowest BCUT2D eigenvalue weighted by atomic mass is 10.2. The number of alkyl halides is 3. The summed E-state index contributed by atoms with van der Waals surface area (Å²) in [5, 5.41) is 18.0. The van der Waals surface area contributed by atoms with Gasteiger partial charge in [-0.1, -0.05) is 44.6 Å². The van der Waals surface area contributed by atoms with Gasteiger partial charge in [0, 0.05) is 23.9 Å². The zero-order valence-electron chi connectivity index (χ0n) is 23.2. The second-order valence-electron chi connectivity index (χ2n) is 9.17. The van der Waals surface area contributed by atoms with E-state index in [2.05, 4.69) is 62.6 Å². The van der Waals surface area contributed by atoms with Gasteiger partial charge in [-0.25, -0.2) is 9.13 Å². The monoisotopic (exact) mass is 555 g/mol. The lowest BCUT2D eigenvalue weighted by Gasteiger charge is -2.24. The highest BCUT2D eigenvalue weighted by Gasteiger charge is 2.28. The number of benzene rings is 1. The fraction of sp³-hybridized carbons (Fsp3) is 0.630. The molecule has 0 aliphatic carbocycles. The van der Waals surface area contributed by atoms with Crippen LogP contribution in [0, 0.1) is 0 Å². The van der Waals surface area contributed by atoms with Crippen LogP contribution in [0.4, 0.5) is 30.5 Å². The standard InChI is InChI=1S/C25H44N7.C2HF3O2/c1-3-5-7-17-31-21-22-32(18-8-6-4-2)25(31)29-28-23-11-13-24(14-12-23)30(19-9-15-26)20-10-16-27;3-2(4,5)1(6)7/h11-14,21-22H,3-10,15-20,26-27H2,1-2H3;(H,6,7)/q+1;/p-1. The minimum atomic E-state index is -5.19. The Hall–Kier alpha value is -2.99. The highest BCUT2D eigenvalue weighted by molar-refractivity contribution is 5.70. The summed E-state index contributed by atoms with van der Waals surface area (Å²) in [5.74, 6) is -2.07. The number of rotatable bonds is 17. The molecule has 0 saturated heterocycles. The molecule has 0 spiro atoms. The Balaban J connectivity index is 0.000000956. The minimum absolute atomic E-state index is 0.696. The Morgan fingerprint density at radius 3 is 2.03 bits per heavy atom. The maximum Gasteiger partial charge on any atom is 0.430 e. The quantitative estimate of drug-likeness (QED) is 0.170. The number of aromatic nitrogens is 2. The predicted octanol–water partition coefficient (Wildman–Crippen LogP) is 4.37. The molecule has 0 aliphatic rings. The molecule has 0 bridgehead atoms. The van der Waals surface area contributed by atoms with Gasteiger partial charge in [-0.2, -0.15) is 13.2 Å². The Morgan fingerprint density at radius 2 is 1.51 bits per heavy atom. The second kappa shape index (κ2) is 19.1. The first-order chi connectivity index (χ1) is 18.7. The van der Waals surface area contributed by atoms with Gasteiger partial charge in [0.05, 0.1) is 25.5 Å². The lowest BCUT2D eigenvalue weighted by Crippen LogP contribution is -2.37. The molecule has 0 aliphatic heterocycles. The first-order valence-corrected chi connectivity index (χ1v) is 13.7. The van der Waals surface area contributed by atoms with E-state index in [0.29, 0.717) is 13.1 Å².